The summed E-state index contributed by atoms with van der Waals surface area (Å²) in [6, 6.07) is 3.08. The van der Waals surface area contributed by atoms with Gasteiger partial charge in [-0.25, -0.2) is 4.79 Å². The van der Waals surface area contributed by atoms with Gasteiger partial charge in [-0.05, 0) is 19.1 Å². The van der Waals surface area contributed by atoms with Crippen LogP contribution in [0.2, 0.25) is 10.0 Å². The second kappa shape index (κ2) is 6.69. The molecule has 94 valence electrons. The molecule has 4 nitrogen and oxygen atoms in total. The molecule has 0 atom stereocenters. The standard InChI is InChI=1S/C11H12Cl2O4/c1-3-16-11(14)9-7(12)4-5-8(10(9)13)17-6-15-2/h4-5H,3,6H2,1-2H3. The van der Waals surface area contributed by atoms with E-state index >= 15 is 0 Å². The normalized spacial score (nSPS) is 10.1. The van der Waals surface area contributed by atoms with E-state index in [2.05, 4.69) is 0 Å². The molecular formula is C11H12Cl2O4. The van der Waals surface area contributed by atoms with Gasteiger partial charge >= 0.3 is 5.97 Å². The van der Waals surface area contributed by atoms with E-state index in [1.54, 1.807) is 13.0 Å². The van der Waals surface area contributed by atoms with Gasteiger partial charge in [0.15, 0.2) is 6.79 Å². The van der Waals surface area contributed by atoms with Crippen LogP contribution in [0.1, 0.15) is 17.3 Å². The molecule has 1 aromatic rings. The van der Waals surface area contributed by atoms with Crippen molar-refractivity contribution in [2.45, 2.75) is 6.92 Å². The average Bonchev–Trinajstić information content (AvgIpc) is 2.28. The van der Waals surface area contributed by atoms with Crippen molar-refractivity contribution in [3.8, 4) is 5.75 Å². The van der Waals surface area contributed by atoms with Crippen LogP contribution in [0.4, 0.5) is 0 Å². The second-order valence-corrected chi connectivity index (χ2v) is 3.79. The first kappa shape index (κ1) is 14.1. The number of esters is 1. The molecule has 0 amide bonds. The molecular weight excluding hydrogens is 267 g/mol. The van der Waals surface area contributed by atoms with E-state index in [4.69, 9.17) is 37.4 Å². The molecule has 6 heteroatoms. The van der Waals surface area contributed by atoms with E-state index in [1.807, 2.05) is 0 Å². The highest BCUT2D eigenvalue weighted by molar-refractivity contribution is 6.40. The van der Waals surface area contributed by atoms with Crippen molar-refractivity contribution >= 4 is 29.2 Å². The maximum Gasteiger partial charge on any atom is 0.341 e. The molecule has 0 aliphatic carbocycles. The molecule has 17 heavy (non-hydrogen) atoms. The summed E-state index contributed by atoms with van der Waals surface area (Å²) in [6.07, 6.45) is 0. The van der Waals surface area contributed by atoms with Crippen LogP contribution < -0.4 is 4.74 Å². The molecule has 0 unspecified atom stereocenters. The zero-order chi connectivity index (χ0) is 12.8. The summed E-state index contributed by atoms with van der Waals surface area (Å²) >= 11 is 11.9. The van der Waals surface area contributed by atoms with Crippen LogP contribution >= 0.6 is 23.2 Å². The lowest BCUT2D eigenvalue weighted by molar-refractivity contribution is 0.0491. The van der Waals surface area contributed by atoms with Gasteiger partial charge < -0.3 is 14.2 Å². The summed E-state index contributed by atoms with van der Waals surface area (Å²) in [5, 5.41) is 0.339. The molecule has 0 spiro atoms. The van der Waals surface area contributed by atoms with Gasteiger partial charge in [-0.15, -0.1) is 0 Å². The number of benzene rings is 1. The Morgan fingerprint density at radius 3 is 2.65 bits per heavy atom. The molecule has 0 bridgehead atoms. The Morgan fingerprint density at radius 1 is 1.35 bits per heavy atom. The quantitative estimate of drug-likeness (QED) is 0.613. The SMILES string of the molecule is CCOC(=O)c1c(Cl)ccc(OCOC)c1Cl. The third-order valence-electron chi connectivity index (χ3n) is 1.87. The van der Waals surface area contributed by atoms with Crippen LogP contribution in [0.3, 0.4) is 0 Å². The number of methoxy groups -OCH3 is 1. The minimum Gasteiger partial charge on any atom is -0.466 e. The number of carbonyl (C=O) groups excluding carboxylic acids is 1. The summed E-state index contributed by atoms with van der Waals surface area (Å²) in [6.45, 7) is 1.98. The molecule has 0 fully saturated rings. The summed E-state index contributed by atoms with van der Waals surface area (Å²) in [5.74, 6) is -0.258. The zero-order valence-corrected chi connectivity index (χ0v) is 11.0. The maximum absolute atomic E-state index is 11.6. The summed E-state index contributed by atoms with van der Waals surface area (Å²) in [7, 11) is 1.48. The summed E-state index contributed by atoms with van der Waals surface area (Å²) in [4.78, 5) is 11.6. The minimum absolute atomic E-state index is 0.0314. The zero-order valence-electron chi connectivity index (χ0n) is 9.46. The van der Waals surface area contributed by atoms with Gasteiger partial charge in [-0.1, -0.05) is 23.2 Å². The van der Waals surface area contributed by atoms with Crippen molar-refractivity contribution in [3.63, 3.8) is 0 Å². The van der Waals surface area contributed by atoms with Gasteiger partial charge in [-0.2, -0.15) is 0 Å². The van der Waals surface area contributed by atoms with E-state index < -0.39 is 5.97 Å². The third-order valence-corrected chi connectivity index (χ3v) is 2.56. The van der Waals surface area contributed by atoms with Crippen LogP contribution in [-0.2, 0) is 9.47 Å². The molecule has 0 aliphatic rings. The fourth-order valence-corrected chi connectivity index (χ4v) is 1.74. The highest BCUT2D eigenvalue weighted by Gasteiger charge is 2.19. The van der Waals surface area contributed by atoms with E-state index in [1.165, 1.54) is 13.2 Å². The Hall–Kier alpha value is -0.970. The summed E-state index contributed by atoms with van der Waals surface area (Å²) < 4.78 is 14.8. The Bertz CT molecular complexity index is 407. The van der Waals surface area contributed by atoms with Crippen LogP contribution in [0.25, 0.3) is 0 Å². The first-order chi connectivity index (χ1) is 8.11. The lowest BCUT2D eigenvalue weighted by atomic mass is 10.2. The van der Waals surface area contributed by atoms with Crippen molar-refractivity contribution in [2.75, 3.05) is 20.5 Å². The van der Waals surface area contributed by atoms with Gasteiger partial charge in [0.25, 0.3) is 0 Å². The van der Waals surface area contributed by atoms with Gasteiger partial charge in [0.2, 0.25) is 0 Å². The van der Waals surface area contributed by atoms with Crippen molar-refractivity contribution < 1.29 is 19.0 Å². The van der Waals surface area contributed by atoms with E-state index in [9.17, 15) is 4.79 Å². The molecule has 0 aromatic heterocycles. The van der Waals surface area contributed by atoms with Gasteiger partial charge in [0.05, 0.1) is 16.7 Å². The highest BCUT2D eigenvalue weighted by Crippen LogP contribution is 2.33. The summed E-state index contributed by atoms with van der Waals surface area (Å²) in [5.41, 5.74) is 0.101. The van der Waals surface area contributed by atoms with Crippen molar-refractivity contribution in [1.82, 2.24) is 0 Å². The smallest absolute Gasteiger partial charge is 0.341 e. The number of rotatable bonds is 5. The number of halogens is 2. The van der Waals surface area contributed by atoms with E-state index in [-0.39, 0.29) is 29.0 Å². The number of ether oxygens (including phenoxy) is 3. The molecule has 1 aromatic carbocycles. The molecule has 1 rings (SSSR count). The Labute approximate surface area is 109 Å². The molecule has 0 aliphatic heterocycles. The van der Waals surface area contributed by atoms with Crippen LogP contribution in [0, 0.1) is 0 Å². The molecule has 0 saturated heterocycles. The lowest BCUT2D eigenvalue weighted by Gasteiger charge is -2.11. The minimum atomic E-state index is -0.578. The average molecular weight is 279 g/mol. The largest absolute Gasteiger partial charge is 0.466 e. The predicted octanol–water partition coefficient (Wildman–Crippen LogP) is 3.15. The van der Waals surface area contributed by atoms with E-state index in [0.717, 1.165) is 0 Å². The van der Waals surface area contributed by atoms with Crippen LogP contribution in [-0.4, -0.2) is 26.5 Å². The van der Waals surface area contributed by atoms with Gasteiger partial charge in [-0.3, -0.25) is 0 Å². The third kappa shape index (κ3) is 3.49. The maximum atomic E-state index is 11.6. The van der Waals surface area contributed by atoms with Gasteiger partial charge in [0.1, 0.15) is 11.3 Å². The first-order valence-corrected chi connectivity index (χ1v) is 5.64. The molecule has 0 radical (unpaired) electrons. The van der Waals surface area contributed by atoms with Gasteiger partial charge in [0, 0.05) is 7.11 Å². The van der Waals surface area contributed by atoms with Crippen molar-refractivity contribution in [1.29, 1.82) is 0 Å². The second-order valence-electron chi connectivity index (χ2n) is 3.01. The fourth-order valence-electron chi connectivity index (χ4n) is 1.16. The monoisotopic (exact) mass is 278 g/mol. The number of carbonyl (C=O) groups is 1. The lowest BCUT2D eigenvalue weighted by Crippen LogP contribution is -2.08. The Morgan fingerprint density at radius 2 is 2.06 bits per heavy atom. The number of hydrogen-bond acceptors (Lipinski definition) is 4. The molecule has 0 heterocycles. The molecule has 0 N–H and O–H groups in total. The Balaban J connectivity index is 3.06. The van der Waals surface area contributed by atoms with E-state index in [0.29, 0.717) is 5.75 Å². The van der Waals surface area contributed by atoms with Crippen molar-refractivity contribution in [3.05, 3.63) is 27.7 Å². The fraction of sp³-hybridized carbons (Fsp3) is 0.364. The highest BCUT2D eigenvalue weighted by atomic mass is 35.5. The first-order valence-electron chi connectivity index (χ1n) is 4.88. The predicted molar refractivity (Wildman–Crippen MR) is 64.9 cm³/mol. The van der Waals surface area contributed by atoms with Crippen LogP contribution in [0.15, 0.2) is 12.1 Å². The van der Waals surface area contributed by atoms with Crippen LogP contribution in [0.5, 0.6) is 5.75 Å². The topological polar surface area (TPSA) is 44.8 Å². The number of hydrogen-bond donors (Lipinski definition) is 0. The Kier molecular flexibility index (Phi) is 5.55. The van der Waals surface area contributed by atoms with Crippen molar-refractivity contribution in [2.24, 2.45) is 0 Å². The molecule has 0 saturated carbocycles.